The van der Waals surface area contributed by atoms with Gasteiger partial charge in [-0.25, -0.2) is 12.8 Å². The average Bonchev–Trinajstić information content (AvgIpc) is 3.04. The lowest BCUT2D eigenvalue weighted by molar-refractivity contribution is 0.0951. The predicted octanol–water partition coefficient (Wildman–Crippen LogP) is 3.79. The highest BCUT2D eigenvalue weighted by Crippen LogP contribution is 2.22. The summed E-state index contributed by atoms with van der Waals surface area (Å²) in [5, 5.41) is 2.93. The molecule has 2 aromatic carbocycles. The molecule has 2 aromatic rings. The van der Waals surface area contributed by atoms with Crippen LogP contribution in [0.15, 0.2) is 48.5 Å². The van der Waals surface area contributed by atoms with Gasteiger partial charge in [-0.1, -0.05) is 31.0 Å². The Morgan fingerprint density at radius 1 is 1.03 bits per heavy atom. The number of halogens is 1. The number of carbonyl (C=O) groups excluding carboxylic acids is 1. The Morgan fingerprint density at radius 2 is 1.69 bits per heavy atom. The molecule has 0 saturated carbocycles. The minimum Gasteiger partial charge on any atom is -0.352 e. The van der Waals surface area contributed by atoms with Crippen molar-refractivity contribution in [3.05, 3.63) is 65.5 Å². The molecule has 0 aliphatic carbocycles. The maximum Gasteiger partial charge on any atom is 0.251 e. The van der Waals surface area contributed by atoms with E-state index in [0.717, 1.165) is 36.6 Å². The fourth-order valence-corrected chi connectivity index (χ4v) is 4.81. The molecule has 1 heterocycles. The van der Waals surface area contributed by atoms with Crippen molar-refractivity contribution in [1.29, 1.82) is 0 Å². The van der Waals surface area contributed by atoms with Gasteiger partial charge in [-0.2, -0.15) is 0 Å². The molecule has 0 atom stereocenters. The average molecular weight is 462 g/mol. The largest absolute Gasteiger partial charge is 0.352 e. The van der Waals surface area contributed by atoms with Crippen molar-refractivity contribution < 1.29 is 17.6 Å². The zero-order chi connectivity index (χ0) is 23.0. The number of rotatable bonds is 9. The van der Waals surface area contributed by atoms with Gasteiger partial charge in [-0.15, -0.1) is 0 Å². The van der Waals surface area contributed by atoms with Crippen LogP contribution in [0.1, 0.15) is 48.0 Å². The van der Waals surface area contributed by atoms with E-state index in [0.29, 0.717) is 17.8 Å². The number of anilines is 1. The third kappa shape index (κ3) is 7.03. The third-order valence-corrected chi connectivity index (χ3v) is 6.87. The summed E-state index contributed by atoms with van der Waals surface area (Å²) < 4.78 is 39.8. The van der Waals surface area contributed by atoms with E-state index >= 15 is 0 Å². The molecular weight excluding hydrogens is 429 g/mol. The van der Waals surface area contributed by atoms with Gasteiger partial charge >= 0.3 is 0 Å². The molecule has 0 spiro atoms. The van der Waals surface area contributed by atoms with Gasteiger partial charge in [0.15, 0.2) is 0 Å². The van der Waals surface area contributed by atoms with Crippen LogP contribution in [-0.4, -0.2) is 51.7 Å². The molecule has 8 heteroatoms. The van der Waals surface area contributed by atoms with Crippen LogP contribution in [0.2, 0.25) is 0 Å². The molecule has 0 unspecified atom stereocenters. The molecule has 3 rings (SSSR count). The lowest BCUT2D eigenvalue weighted by atomic mass is 10.1. The van der Waals surface area contributed by atoms with Gasteiger partial charge in [0.25, 0.3) is 5.91 Å². The van der Waals surface area contributed by atoms with Crippen LogP contribution in [0, 0.1) is 5.82 Å². The second kappa shape index (κ2) is 11.4. The summed E-state index contributed by atoms with van der Waals surface area (Å²) in [4.78, 5) is 14.9. The summed E-state index contributed by atoms with van der Waals surface area (Å²) in [7, 11) is -3.64. The topological polar surface area (TPSA) is 69.7 Å². The summed E-state index contributed by atoms with van der Waals surface area (Å²) in [6.07, 6.45) is 7.09. The van der Waals surface area contributed by atoms with Crippen LogP contribution in [0.5, 0.6) is 0 Å². The number of hydrogen-bond donors (Lipinski definition) is 1. The highest BCUT2D eigenvalue weighted by atomic mass is 32.2. The molecule has 0 bridgehead atoms. The second-order valence-corrected chi connectivity index (χ2v) is 10.2. The van der Waals surface area contributed by atoms with Gasteiger partial charge < -0.3 is 10.2 Å². The van der Waals surface area contributed by atoms with E-state index in [1.54, 1.807) is 42.5 Å². The van der Waals surface area contributed by atoms with Crippen molar-refractivity contribution in [2.24, 2.45) is 0 Å². The first-order chi connectivity index (χ1) is 15.3. The Balaban J connectivity index is 1.57. The molecule has 1 amide bonds. The van der Waals surface area contributed by atoms with Crippen molar-refractivity contribution in [3.8, 4) is 0 Å². The number of nitrogens with one attached hydrogen (secondary N) is 1. The number of benzene rings is 2. The molecule has 1 N–H and O–H groups in total. The summed E-state index contributed by atoms with van der Waals surface area (Å²) >= 11 is 0. The number of carbonyl (C=O) groups is 1. The molecular formula is C24H32FN3O3S. The lowest BCUT2D eigenvalue weighted by Gasteiger charge is -2.23. The number of likely N-dealkylation sites (tertiary alicyclic amines) is 1. The quantitative estimate of drug-likeness (QED) is 0.577. The fraction of sp³-hybridized carbons (Fsp3) is 0.458. The van der Waals surface area contributed by atoms with Gasteiger partial charge in [-0.05, 0) is 69.2 Å². The fourth-order valence-electron chi connectivity index (χ4n) is 3.93. The molecule has 1 fully saturated rings. The van der Waals surface area contributed by atoms with Crippen LogP contribution in [0.3, 0.4) is 0 Å². The van der Waals surface area contributed by atoms with Gasteiger partial charge in [-0.3, -0.25) is 9.10 Å². The first-order valence-corrected chi connectivity index (χ1v) is 13.0. The van der Waals surface area contributed by atoms with Crippen molar-refractivity contribution in [2.75, 3.05) is 36.7 Å². The summed E-state index contributed by atoms with van der Waals surface area (Å²) in [6.45, 7) is 3.74. The highest BCUT2D eigenvalue weighted by Gasteiger charge is 2.20. The Hall–Kier alpha value is -2.45. The molecule has 0 aromatic heterocycles. The Labute approximate surface area is 190 Å². The van der Waals surface area contributed by atoms with E-state index in [9.17, 15) is 17.6 Å². The summed E-state index contributed by atoms with van der Waals surface area (Å²) in [5.41, 5.74) is 1.13. The summed E-state index contributed by atoms with van der Waals surface area (Å²) in [5.74, 6) is -0.648. The van der Waals surface area contributed by atoms with Crippen LogP contribution in [0.4, 0.5) is 10.1 Å². The Bertz CT molecular complexity index is 988. The van der Waals surface area contributed by atoms with E-state index in [1.165, 1.54) is 31.7 Å². The van der Waals surface area contributed by atoms with E-state index in [4.69, 9.17) is 0 Å². The zero-order valence-electron chi connectivity index (χ0n) is 18.6. The van der Waals surface area contributed by atoms with Crippen LogP contribution < -0.4 is 9.62 Å². The Kier molecular flexibility index (Phi) is 8.64. The maximum atomic E-state index is 14.0. The number of amides is 1. The molecule has 0 radical (unpaired) electrons. The first-order valence-electron chi connectivity index (χ1n) is 11.2. The van der Waals surface area contributed by atoms with Crippen molar-refractivity contribution in [3.63, 3.8) is 0 Å². The van der Waals surface area contributed by atoms with Gasteiger partial charge in [0, 0.05) is 17.7 Å². The molecule has 32 heavy (non-hydrogen) atoms. The number of hydrogen-bond acceptors (Lipinski definition) is 4. The second-order valence-electron chi connectivity index (χ2n) is 8.27. The zero-order valence-corrected chi connectivity index (χ0v) is 19.4. The maximum absolute atomic E-state index is 14.0. The monoisotopic (exact) mass is 461 g/mol. The molecule has 174 valence electrons. The minimum atomic E-state index is -3.64. The number of sulfonamides is 1. The van der Waals surface area contributed by atoms with Crippen molar-refractivity contribution >= 4 is 21.6 Å². The predicted molar refractivity (Wildman–Crippen MR) is 126 cm³/mol. The third-order valence-electron chi connectivity index (χ3n) is 5.72. The van der Waals surface area contributed by atoms with Gasteiger partial charge in [0.05, 0.1) is 18.5 Å². The first kappa shape index (κ1) is 24.2. The van der Waals surface area contributed by atoms with E-state index in [2.05, 4.69) is 10.2 Å². The molecule has 1 saturated heterocycles. The van der Waals surface area contributed by atoms with E-state index in [1.807, 2.05) is 0 Å². The molecule has 6 nitrogen and oxygen atoms in total. The Morgan fingerprint density at radius 3 is 2.31 bits per heavy atom. The standard InChI is InChI=1S/C24H32FN3O3S/c1-32(30,31)28(19-21-9-4-5-10-23(21)25)22-13-11-20(12-14-22)24(29)26-15-8-18-27-16-6-2-3-7-17-27/h4-5,9-14H,2-3,6-8,15-19H2,1H3,(H,26,29). The van der Waals surface area contributed by atoms with Crippen LogP contribution >= 0.6 is 0 Å². The van der Waals surface area contributed by atoms with Crippen molar-refractivity contribution in [1.82, 2.24) is 10.2 Å². The van der Waals surface area contributed by atoms with Gasteiger partial charge in [0.2, 0.25) is 10.0 Å². The normalized spacial score (nSPS) is 15.2. The smallest absolute Gasteiger partial charge is 0.251 e. The lowest BCUT2D eigenvalue weighted by Crippen LogP contribution is -2.31. The van der Waals surface area contributed by atoms with E-state index < -0.39 is 15.8 Å². The molecule has 1 aliphatic heterocycles. The van der Waals surface area contributed by atoms with Gasteiger partial charge in [0.1, 0.15) is 5.82 Å². The van der Waals surface area contributed by atoms with E-state index in [-0.39, 0.29) is 18.0 Å². The number of nitrogens with zero attached hydrogens (tertiary/aromatic N) is 2. The SMILES string of the molecule is CS(=O)(=O)N(Cc1ccccc1F)c1ccc(C(=O)NCCCN2CCCCCC2)cc1. The molecule has 1 aliphatic rings. The highest BCUT2D eigenvalue weighted by molar-refractivity contribution is 7.92. The summed E-state index contributed by atoms with van der Waals surface area (Å²) in [6, 6.07) is 12.4. The minimum absolute atomic E-state index is 0.118. The van der Waals surface area contributed by atoms with Crippen LogP contribution in [-0.2, 0) is 16.6 Å². The van der Waals surface area contributed by atoms with Crippen LogP contribution in [0.25, 0.3) is 0 Å². The van der Waals surface area contributed by atoms with Crippen molar-refractivity contribution in [2.45, 2.75) is 38.6 Å².